The average molecular weight is 390 g/mol. The molecule has 0 fully saturated rings. The minimum atomic E-state index is -3.70. The van der Waals surface area contributed by atoms with Gasteiger partial charge in [0, 0.05) is 12.1 Å². The van der Waals surface area contributed by atoms with Crippen molar-refractivity contribution >= 4 is 33.5 Å². The minimum Gasteiger partial charge on any atom is -0.271 e. The van der Waals surface area contributed by atoms with E-state index >= 15 is 0 Å². The third kappa shape index (κ3) is 5.35. The standard InChI is InChI=1S/C17H18N4O5S/c1-13(20(27(2,25)26)15-6-4-3-5-7-15)17(22)19-18-12-14-8-10-16(11-9-14)21(23)24/h3-13H,1-2H3,(H,19,22)/b18-12+. The smallest absolute Gasteiger partial charge is 0.269 e. The molecule has 0 bridgehead atoms. The van der Waals surface area contributed by atoms with Crippen molar-refractivity contribution in [2.24, 2.45) is 5.10 Å². The van der Waals surface area contributed by atoms with Gasteiger partial charge in [-0.3, -0.25) is 19.2 Å². The van der Waals surface area contributed by atoms with Crippen LogP contribution < -0.4 is 9.73 Å². The van der Waals surface area contributed by atoms with Crippen LogP contribution in [-0.4, -0.2) is 37.8 Å². The summed E-state index contributed by atoms with van der Waals surface area (Å²) in [4.78, 5) is 22.4. The Kier molecular flexibility index (Phi) is 6.24. The first kappa shape index (κ1) is 20.0. The molecule has 0 aliphatic carbocycles. The fourth-order valence-electron chi connectivity index (χ4n) is 2.33. The first-order valence-corrected chi connectivity index (χ1v) is 9.67. The van der Waals surface area contributed by atoms with E-state index in [0.717, 1.165) is 10.6 Å². The summed E-state index contributed by atoms with van der Waals surface area (Å²) in [6.07, 6.45) is 2.32. The summed E-state index contributed by atoms with van der Waals surface area (Å²) in [5.74, 6) is -0.623. The zero-order valence-electron chi connectivity index (χ0n) is 14.6. The topological polar surface area (TPSA) is 122 Å². The lowest BCUT2D eigenvalue weighted by Gasteiger charge is -2.27. The number of hydrogen-bond donors (Lipinski definition) is 1. The van der Waals surface area contributed by atoms with Crippen LogP contribution in [0.5, 0.6) is 0 Å². The number of para-hydroxylation sites is 1. The normalized spacial score (nSPS) is 12.5. The van der Waals surface area contributed by atoms with E-state index < -0.39 is 26.9 Å². The number of hydrazone groups is 1. The van der Waals surface area contributed by atoms with Crippen LogP contribution in [0.25, 0.3) is 0 Å². The molecule has 0 aromatic heterocycles. The summed E-state index contributed by atoms with van der Waals surface area (Å²) in [6.45, 7) is 1.45. The average Bonchev–Trinajstić information content (AvgIpc) is 2.61. The maximum Gasteiger partial charge on any atom is 0.269 e. The van der Waals surface area contributed by atoms with Gasteiger partial charge >= 0.3 is 0 Å². The Hall–Kier alpha value is -3.27. The lowest BCUT2D eigenvalue weighted by atomic mass is 10.2. The quantitative estimate of drug-likeness (QED) is 0.439. The van der Waals surface area contributed by atoms with Crippen LogP contribution in [0.4, 0.5) is 11.4 Å². The maximum absolute atomic E-state index is 12.3. The lowest BCUT2D eigenvalue weighted by molar-refractivity contribution is -0.384. The summed E-state index contributed by atoms with van der Waals surface area (Å²) >= 11 is 0. The summed E-state index contributed by atoms with van der Waals surface area (Å²) in [6, 6.07) is 12.8. The van der Waals surface area contributed by atoms with Crippen LogP contribution in [0.15, 0.2) is 59.7 Å². The molecule has 1 atom stereocenters. The SMILES string of the molecule is CC(C(=O)N/N=C/c1ccc([N+](=O)[O-])cc1)N(c1ccccc1)S(C)(=O)=O. The van der Waals surface area contributed by atoms with Gasteiger partial charge in [-0.1, -0.05) is 18.2 Å². The van der Waals surface area contributed by atoms with E-state index in [2.05, 4.69) is 10.5 Å². The number of carbonyl (C=O) groups is 1. The van der Waals surface area contributed by atoms with Gasteiger partial charge in [0.1, 0.15) is 6.04 Å². The molecule has 0 heterocycles. The van der Waals surface area contributed by atoms with Gasteiger partial charge in [0.2, 0.25) is 10.0 Å². The number of rotatable bonds is 7. The van der Waals surface area contributed by atoms with Crippen LogP contribution in [0, 0.1) is 10.1 Å². The first-order chi connectivity index (χ1) is 12.7. The van der Waals surface area contributed by atoms with E-state index in [9.17, 15) is 23.3 Å². The fourth-order valence-corrected chi connectivity index (χ4v) is 3.50. The van der Waals surface area contributed by atoms with Gasteiger partial charge in [-0.2, -0.15) is 5.10 Å². The number of nitrogens with one attached hydrogen (secondary N) is 1. The number of carbonyl (C=O) groups excluding carboxylic acids is 1. The highest BCUT2D eigenvalue weighted by atomic mass is 32.2. The minimum absolute atomic E-state index is 0.0588. The fraction of sp³-hybridized carbons (Fsp3) is 0.176. The molecule has 2 aromatic carbocycles. The number of nitro groups is 1. The van der Waals surface area contributed by atoms with Crippen molar-refractivity contribution in [1.82, 2.24) is 5.43 Å². The Morgan fingerprint density at radius 1 is 1.19 bits per heavy atom. The molecule has 1 N–H and O–H groups in total. The molecule has 0 saturated heterocycles. The first-order valence-electron chi connectivity index (χ1n) is 7.82. The van der Waals surface area contributed by atoms with Crippen molar-refractivity contribution in [3.05, 3.63) is 70.3 Å². The molecule has 1 unspecified atom stereocenters. The molecule has 1 amide bonds. The number of sulfonamides is 1. The molecular formula is C17H18N4O5S. The number of non-ortho nitro benzene ring substituents is 1. The Morgan fingerprint density at radius 3 is 2.30 bits per heavy atom. The van der Waals surface area contributed by atoms with E-state index in [1.165, 1.54) is 37.4 Å². The Bertz CT molecular complexity index is 943. The van der Waals surface area contributed by atoms with Crippen molar-refractivity contribution in [3.63, 3.8) is 0 Å². The zero-order chi connectivity index (χ0) is 20.0. The van der Waals surface area contributed by atoms with Crippen LogP contribution in [0.3, 0.4) is 0 Å². The second kappa shape index (κ2) is 8.41. The highest BCUT2D eigenvalue weighted by molar-refractivity contribution is 7.92. The maximum atomic E-state index is 12.3. The van der Waals surface area contributed by atoms with Crippen LogP contribution >= 0.6 is 0 Å². The van der Waals surface area contributed by atoms with Crippen LogP contribution in [0.2, 0.25) is 0 Å². The molecule has 0 radical (unpaired) electrons. The zero-order valence-corrected chi connectivity index (χ0v) is 15.5. The summed E-state index contributed by atoms with van der Waals surface area (Å²) < 4.78 is 25.2. The van der Waals surface area contributed by atoms with E-state index in [0.29, 0.717) is 11.3 Å². The molecule has 10 heteroatoms. The van der Waals surface area contributed by atoms with E-state index in [1.54, 1.807) is 30.3 Å². The van der Waals surface area contributed by atoms with E-state index in [-0.39, 0.29) is 5.69 Å². The number of nitro benzene ring substituents is 1. The third-order valence-corrected chi connectivity index (χ3v) is 4.83. The summed E-state index contributed by atoms with van der Waals surface area (Å²) in [5.41, 5.74) is 3.12. The van der Waals surface area contributed by atoms with Crippen LogP contribution in [0.1, 0.15) is 12.5 Å². The molecule has 2 aromatic rings. The van der Waals surface area contributed by atoms with Gasteiger partial charge in [0.15, 0.2) is 0 Å². The summed E-state index contributed by atoms with van der Waals surface area (Å²) in [7, 11) is -3.70. The van der Waals surface area contributed by atoms with Crippen LogP contribution in [-0.2, 0) is 14.8 Å². The van der Waals surface area contributed by atoms with Crippen molar-refractivity contribution in [3.8, 4) is 0 Å². The molecular weight excluding hydrogens is 372 g/mol. The monoisotopic (exact) mass is 390 g/mol. The van der Waals surface area contributed by atoms with E-state index in [1.807, 2.05) is 0 Å². The predicted octanol–water partition coefficient (Wildman–Crippen LogP) is 1.90. The Morgan fingerprint density at radius 2 is 1.78 bits per heavy atom. The lowest BCUT2D eigenvalue weighted by Crippen LogP contribution is -2.46. The van der Waals surface area contributed by atoms with Crippen molar-refractivity contribution in [1.29, 1.82) is 0 Å². The molecule has 2 rings (SSSR count). The Labute approximate surface area is 156 Å². The van der Waals surface area contributed by atoms with Crippen molar-refractivity contribution in [2.45, 2.75) is 13.0 Å². The highest BCUT2D eigenvalue weighted by Gasteiger charge is 2.28. The molecule has 0 aliphatic heterocycles. The van der Waals surface area contributed by atoms with E-state index in [4.69, 9.17) is 0 Å². The van der Waals surface area contributed by atoms with Gasteiger partial charge < -0.3 is 0 Å². The highest BCUT2D eigenvalue weighted by Crippen LogP contribution is 2.20. The largest absolute Gasteiger partial charge is 0.271 e. The number of amides is 1. The second-order valence-electron chi connectivity index (χ2n) is 5.65. The van der Waals surface area contributed by atoms with Gasteiger partial charge in [0.05, 0.1) is 23.1 Å². The van der Waals surface area contributed by atoms with Crippen molar-refractivity contribution < 1.29 is 18.1 Å². The third-order valence-electron chi connectivity index (χ3n) is 3.59. The molecule has 0 spiro atoms. The number of anilines is 1. The summed E-state index contributed by atoms with van der Waals surface area (Å²) in [5, 5.41) is 14.4. The number of nitrogens with zero attached hydrogens (tertiary/aromatic N) is 3. The molecule has 0 aliphatic rings. The van der Waals surface area contributed by atoms with Gasteiger partial charge in [-0.15, -0.1) is 0 Å². The predicted molar refractivity (Wildman–Crippen MR) is 102 cm³/mol. The van der Waals surface area contributed by atoms with Gasteiger partial charge in [-0.25, -0.2) is 13.8 Å². The second-order valence-corrected chi connectivity index (χ2v) is 7.51. The Balaban J connectivity index is 2.10. The molecule has 0 saturated carbocycles. The number of benzene rings is 2. The van der Waals surface area contributed by atoms with Gasteiger partial charge in [0.25, 0.3) is 11.6 Å². The molecule has 27 heavy (non-hydrogen) atoms. The number of hydrogen-bond acceptors (Lipinski definition) is 6. The van der Waals surface area contributed by atoms with Crippen molar-refractivity contribution in [2.75, 3.05) is 10.6 Å². The van der Waals surface area contributed by atoms with Gasteiger partial charge in [-0.05, 0) is 36.8 Å². The molecule has 142 valence electrons. The molecule has 9 nitrogen and oxygen atoms in total.